The van der Waals surface area contributed by atoms with Gasteiger partial charge in [-0.25, -0.2) is 4.98 Å². The molecule has 9 heteroatoms. The number of nitrogens with one attached hydrogen (secondary N) is 1. The van der Waals surface area contributed by atoms with Crippen LogP contribution in [0.25, 0.3) is 28.9 Å². The summed E-state index contributed by atoms with van der Waals surface area (Å²) in [6, 6.07) is 7.39. The minimum Gasteiger partial charge on any atom is -0.474 e. The maximum absolute atomic E-state index is 11.5. The van der Waals surface area contributed by atoms with Gasteiger partial charge in [0.1, 0.15) is 5.02 Å². The normalized spacial score (nSPS) is 10.4. The smallest absolute Gasteiger partial charge is 0.305 e. The first-order chi connectivity index (χ1) is 16.9. The third-order valence-electron chi connectivity index (χ3n) is 4.56. The second-order valence-electron chi connectivity index (χ2n) is 7.41. The van der Waals surface area contributed by atoms with Crippen molar-refractivity contribution in [1.29, 1.82) is 0 Å². The first-order valence-corrected chi connectivity index (χ1v) is 12.1. The van der Waals surface area contributed by atoms with E-state index >= 15 is 0 Å². The van der Waals surface area contributed by atoms with Crippen molar-refractivity contribution in [3.05, 3.63) is 47.6 Å². The molecule has 0 saturated carbocycles. The lowest BCUT2D eigenvalue weighted by atomic mass is 10.0. The summed E-state index contributed by atoms with van der Waals surface area (Å²) < 4.78 is 16.0. The van der Waals surface area contributed by atoms with Crippen molar-refractivity contribution >= 4 is 29.3 Å². The van der Waals surface area contributed by atoms with Crippen molar-refractivity contribution in [2.45, 2.75) is 53.6 Å². The van der Waals surface area contributed by atoms with E-state index in [-0.39, 0.29) is 12.1 Å². The van der Waals surface area contributed by atoms with Crippen LogP contribution in [-0.4, -0.2) is 40.3 Å². The number of aromatic nitrogens is 3. The summed E-state index contributed by atoms with van der Waals surface area (Å²) in [6.45, 7) is 14.5. The van der Waals surface area contributed by atoms with Gasteiger partial charge < -0.3 is 19.3 Å². The zero-order valence-electron chi connectivity index (χ0n) is 20.9. The molecule has 188 valence electrons. The number of esters is 1. The fraction of sp³-hybridized carbons (Fsp3) is 0.385. The van der Waals surface area contributed by atoms with E-state index < -0.39 is 0 Å². The Hall–Kier alpha value is -3.39. The maximum atomic E-state index is 11.5. The molecule has 0 bridgehead atoms. The first kappa shape index (κ1) is 27.9. The molecule has 0 amide bonds. The zero-order valence-corrected chi connectivity index (χ0v) is 21.7. The van der Waals surface area contributed by atoms with Crippen molar-refractivity contribution < 1.29 is 18.8 Å². The third-order valence-corrected chi connectivity index (χ3v) is 4.83. The average molecular weight is 501 g/mol. The Bertz CT molecular complexity index is 1110. The Morgan fingerprint density at radius 1 is 1.31 bits per heavy atom. The number of hydrogen-bond acceptors (Lipinski definition) is 8. The van der Waals surface area contributed by atoms with Crippen molar-refractivity contribution in [1.82, 2.24) is 15.1 Å². The number of ether oxygens (including phenoxy) is 2. The van der Waals surface area contributed by atoms with E-state index in [0.717, 1.165) is 16.8 Å². The summed E-state index contributed by atoms with van der Waals surface area (Å²) in [5.74, 6) is 0.854. The zero-order chi connectivity index (χ0) is 25.8. The van der Waals surface area contributed by atoms with Gasteiger partial charge >= 0.3 is 5.97 Å². The Morgan fingerprint density at radius 3 is 2.74 bits per heavy atom. The molecule has 0 fully saturated rings. The molecular weight excluding hydrogens is 468 g/mol. The Labute approximate surface area is 211 Å². The van der Waals surface area contributed by atoms with Crippen molar-refractivity contribution in [3.8, 4) is 28.7 Å². The van der Waals surface area contributed by atoms with E-state index in [2.05, 4.69) is 27.0 Å². The summed E-state index contributed by atoms with van der Waals surface area (Å²) in [4.78, 5) is 20.3. The van der Waals surface area contributed by atoms with Gasteiger partial charge in [-0.3, -0.25) is 4.79 Å². The summed E-state index contributed by atoms with van der Waals surface area (Å²) in [6.07, 6.45) is 4.28. The molecule has 0 aliphatic rings. The molecule has 0 spiro atoms. The molecule has 2 heterocycles. The molecule has 0 atom stereocenters. The molecule has 2 aromatic heterocycles. The standard InChI is InChI=1S/C24H27ClN4O4.C2H6/c1-5-17-18(9-7-10-20(17)26-12-8-11-21(30)31-6-2)22-28-23(33-29-22)16-13-19(25)24(27-14-16)32-15(3)4;1-2/h5,7,9-10,13-15,26H,1,6,8,11-12H2,2-4H3;1-2H3. The third kappa shape index (κ3) is 7.82. The topological polar surface area (TPSA) is 99.4 Å². The molecule has 8 nitrogen and oxygen atoms in total. The van der Waals surface area contributed by atoms with E-state index in [4.69, 9.17) is 25.6 Å². The number of benzene rings is 1. The summed E-state index contributed by atoms with van der Waals surface area (Å²) in [7, 11) is 0. The SMILES string of the molecule is C=Cc1c(NCCCC(=O)OCC)cccc1-c1noc(-c2cnc(OC(C)C)c(Cl)c2)n1.CC. The number of carbonyl (C=O) groups is 1. The molecule has 3 aromatic rings. The van der Waals surface area contributed by atoms with Crippen LogP contribution in [0.2, 0.25) is 5.02 Å². The molecule has 35 heavy (non-hydrogen) atoms. The Balaban J connectivity index is 0.00000210. The lowest BCUT2D eigenvalue weighted by Crippen LogP contribution is -2.09. The molecule has 0 unspecified atom stereocenters. The lowest BCUT2D eigenvalue weighted by molar-refractivity contribution is -0.143. The van der Waals surface area contributed by atoms with Gasteiger partial charge in [0.05, 0.1) is 18.3 Å². The molecule has 3 rings (SSSR count). The molecule has 1 N–H and O–H groups in total. The van der Waals surface area contributed by atoms with Gasteiger partial charge in [0.2, 0.25) is 11.7 Å². The van der Waals surface area contributed by atoms with E-state index in [1.807, 2.05) is 45.9 Å². The van der Waals surface area contributed by atoms with Gasteiger partial charge in [-0.05, 0) is 39.3 Å². The Kier molecular flexibility index (Phi) is 11.2. The predicted molar refractivity (Wildman–Crippen MR) is 140 cm³/mol. The largest absolute Gasteiger partial charge is 0.474 e. The van der Waals surface area contributed by atoms with Crippen molar-refractivity contribution in [2.75, 3.05) is 18.5 Å². The van der Waals surface area contributed by atoms with E-state index in [1.54, 1.807) is 25.3 Å². The van der Waals surface area contributed by atoms with Gasteiger partial charge in [0.25, 0.3) is 5.89 Å². The molecule has 0 aliphatic heterocycles. The highest BCUT2D eigenvalue weighted by atomic mass is 35.5. The van der Waals surface area contributed by atoms with Crippen molar-refractivity contribution in [2.24, 2.45) is 0 Å². The highest BCUT2D eigenvalue weighted by Gasteiger charge is 2.17. The number of rotatable bonds is 11. The number of hydrogen-bond donors (Lipinski definition) is 1. The molecule has 1 aromatic carbocycles. The number of halogens is 1. The van der Waals surface area contributed by atoms with E-state index in [1.165, 1.54) is 0 Å². The van der Waals surface area contributed by atoms with E-state index in [9.17, 15) is 4.79 Å². The second-order valence-corrected chi connectivity index (χ2v) is 7.81. The average Bonchev–Trinajstić information content (AvgIpc) is 3.34. The van der Waals surface area contributed by atoms with Crippen LogP contribution in [0.5, 0.6) is 5.88 Å². The maximum Gasteiger partial charge on any atom is 0.305 e. The first-order valence-electron chi connectivity index (χ1n) is 11.7. The van der Waals surface area contributed by atoms with Crippen LogP contribution in [0.1, 0.15) is 53.0 Å². The predicted octanol–water partition coefficient (Wildman–Crippen LogP) is 6.66. The summed E-state index contributed by atoms with van der Waals surface area (Å²) in [5.41, 5.74) is 3.04. The molecule has 0 saturated heterocycles. The summed E-state index contributed by atoms with van der Waals surface area (Å²) in [5, 5.41) is 7.82. The lowest BCUT2D eigenvalue weighted by Gasteiger charge is -2.12. The molecule has 0 aliphatic carbocycles. The highest BCUT2D eigenvalue weighted by Crippen LogP contribution is 2.32. The fourth-order valence-corrected chi connectivity index (χ4v) is 3.34. The van der Waals surface area contributed by atoms with Gasteiger partial charge in [-0.1, -0.05) is 55.4 Å². The monoisotopic (exact) mass is 500 g/mol. The van der Waals surface area contributed by atoms with Crippen LogP contribution in [0.4, 0.5) is 5.69 Å². The second kappa shape index (κ2) is 14.1. The van der Waals surface area contributed by atoms with Crippen LogP contribution >= 0.6 is 11.6 Å². The van der Waals surface area contributed by atoms with Crippen LogP contribution in [-0.2, 0) is 9.53 Å². The van der Waals surface area contributed by atoms with Gasteiger partial charge in [0, 0.05) is 36.0 Å². The van der Waals surface area contributed by atoms with Crippen molar-refractivity contribution in [3.63, 3.8) is 0 Å². The van der Waals surface area contributed by atoms with Gasteiger partial charge in [0.15, 0.2) is 0 Å². The number of anilines is 1. The molecule has 0 radical (unpaired) electrons. The van der Waals surface area contributed by atoms with Crippen LogP contribution in [0.3, 0.4) is 0 Å². The van der Waals surface area contributed by atoms with Gasteiger partial charge in [-0.2, -0.15) is 4.98 Å². The minimum atomic E-state index is -0.199. The van der Waals surface area contributed by atoms with Crippen LogP contribution < -0.4 is 10.1 Å². The quantitative estimate of drug-likeness (QED) is 0.230. The number of pyridine rings is 1. The number of nitrogens with zero attached hydrogens (tertiary/aromatic N) is 3. The molecular formula is C26H33ClN4O4. The minimum absolute atomic E-state index is 0.0424. The van der Waals surface area contributed by atoms with E-state index in [0.29, 0.717) is 54.2 Å². The van der Waals surface area contributed by atoms with Crippen LogP contribution in [0.15, 0.2) is 41.6 Å². The highest BCUT2D eigenvalue weighted by molar-refractivity contribution is 6.32. The number of carbonyl (C=O) groups excluding carboxylic acids is 1. The Morgan fingerprint density at radius 2 is 2.09 bits per heavy atom. The summed E-state index contributed by atoms with van der Waals surface area (Å²) >= 11 is 6.29. The fourth-order valence-electron chi connectivity index (χ4n) is 3.13. The van der Waals surface area contributed by atoms with Crippen LogP contribution in [0, 0.1) is 0 Å². The van der Waals surface area contributed by atoms with Gasteiger partial charge in [-0.15, -0.1) is 0 Å².